The van der Waals surface area contributed by atoms with Crippen LogP contribution in [0, 0.1) is 5.92 Å². The SMILES string of the molecule is CC(C)(C)OC(=O)[C@@H]1Cc2sccc2[C@H]1N[S+]([O-])C(C)(C)C. The Morgan fingerprint density at radius 2 is 2.00 bits per heavy atom. The number of carbonyl (C=O) groups is 1. The van der Waals surface area contributed by atoms with E-state index in [2.05, 4.69) is 4.72 Å². The monoisotopic (exact) mass is 343 g/mol. The maximum Gasteiger partial charge on any atom is 0.311 e. The van der Waals surface area contributed by atoms with E-state index in [0.717, 1.165) is 5.56 Å². The van der Waals surface area contributed by atoms with Crippen molar-refractivity contribution in [1.29, 1.82) is 0 Å². The van der Waals surface area contributed by atoms with Gasteiger partial charge in [0.2, 0.25) is 0 Å². The summed E-state index contributed by atoms with van der Waals surface area (Å²) < 4.78 is 20.8. The van der Waals surface area contributed by atoms with E-state index in [1.807, 2.05) is 53.0 Å². The van der Waals surface area contributed by atoms with E-state index in [0.29, 0.717) is 6.42 Å². The first-order valence-corrected chi connectivity index (χ1v) is 9.49. The van der Waals surface area contributed by atoms with Gasteiger partial charge in [0.25, 0.3) is 0 Å². The fourth-order valence-electron chi connectivity index (χ4n) is 2.36. The van der Waals surface area contributed by atoms with Gasteiger partial charge in [0, 0.05) is 16.2 Å². The lowest BCUT2D eigenvalue weighted by Crippen LogP contribution is -2.44. The summed E-state index contributed by atoms with van der Waals surface area (Å²) in [6, 6.07) is 1.78. The molecule has 1 aromatic rings. The molecule has 1 heterocycles. The first-order valence-electron chi connectivity index (χ1n) is 7.46. The molecule has 6 heteroatoms. The Kier molecular flexibility index (Phi) is 4.97. The van der Waals surface area contributed by atoms with Crippen molar-refractivity contribution < 1.29 is 14.1 Å². The van der Waals surface area contributed by atoms with Crippen molar-refractivity contribution in [2.75, 3.05) is 0 Å². The van der Waals surface area contributed by atoms with E-state index < -0.39 is 17.0 Å². The average Bonchev–Trinajstić information content (AvgIpc) is 2.87. The smallest absolute Gasteiger partial charge is 0.311 e. The number of hydrogen-bond acceptors (Lipinski definition) is 5. The number of nitrogens with one attached hydrogen (secondary N) is 1. The van der Waals surface area contributed by atoms with Crippen LogP contribution >= 0.6 is 11.3 Å². The van der Waals surface area contributed by atoms with Gasteiger partial charge in [0.05, 0.1) is 12.0 Å². The quantitative estimate of drug-likeness (QED) is 0.675. The van der Waals surface area contributed by atoms with Crippen molar-refractivity contribution in [3.8, 4) is 0 Å². The van der Waals surface area contributed by atoms with Crippen molar-refractivity contribution in [2.45, 2.75) is 64.4 Å². The number of esters is 1. The lowest BCUT2D eigenvalue weighted by Gasteiger charge is -2.29. The normalized spacial score (nSPS) is 23.2. The molecule has 3 atom stereocenters. The fourth-order valence-corrected chi connectivity index (χ4v) is 4.22. The minimum Gasteiger partial charge on any atom is -0.598 e. The van der Waals surface area contributed by atoms with Gasteiger partial charge in [0.15, 0.2) is 0 Å². The average molecular weight is 344 g/mol. The van der Waals surface area contributed by atoms with Crippen LogP contribution in [0.5, 0.6) is 0 Å². The molecule has 0 bridgehead atoms. The van der Waals surface area contributed by atoms with Gasteiger partial charge in [-0.05, 0) is 65.0 Å². The van der Waals surface area contributed by atoms with Gasteiger partial charge in [-0.1, -0.05) is 0 Å². The molecular formula is C16H25NO3S2. The Hall–Kier alpha value is -0.560. The van der Waals surface area contributed by atoms with Crippen LogP contribution in [0.25, 0.3) is 0 Å². The predicted molar refractivity (Wildman–Crippen MR) is 91.1 cm³/mol. The van der Waals surface area contributed by atoms with Crippen molar-refractivity contribution in [3.05, 3.63) is 21.9 Å². The van der Waals surface area contributed by atoms with Crippen LogP contribution in [0.2, 0.25) is 0 Å². The molecule has 22 heavy (non-hydrogen) atoms. The zero-order chi connectivity index (χ0) is 16.7. The van der Waals surface area contributed by atoms with Crippen LogP contribution in [0.4, 0.5) is 0 Å². The van der Waals surface area contributed by atoms with E-state index >= 15 is 0 Å². The molecule has 0 spiro atoms. The molecule has 0 aliphatic heterocycles. The molecule has 2 rings (SSSR count). The van der Waals surface area contributed by atoms with Gasteiger partial charge in [-0.25, -0.2) is 0 Å². The van der Waals surface area contributed by atoms with Gasteiger partial charge in [-0.2, -0.15) is 0 Å². The van der Waals surface area contributed by atoms with Gasteiger partial charge >= 0.3 is 5.97 Å². The highest BCUT2D eigenvalue weighted by Crippen LogP contribution is 2.41. The molecule has 1 aliphatic carbocycles. The number of rotatable bonds is 3. The number of fused-ring (bicyclic) bond motifs is 1. The van der Waals surface area contributed by atoms with Crippen molar-refractivity contribution in [1.82, 2.24) is 4.72 Å². The Balaban J connectivity index is 2.20. The number of carbonyl (C=O) groups excluding carboxylic acids is 1. The van der Waals surface area contributed by atoms with Crippen LogP contribution in [0.1, 0.15) is 58.0 Å². The summed E-state index contributed by atoms with van der Waals surface area (Å²) in [6.07, 6.45) is 0.654. The Morgan fingerprint density at radius 1 is 1.36 bits per heavy atom. The molecule has 0 fully saturated rings. The molecule has 0 aromatic carbocycles. The van der Waals surface area contributed by atoms with Crippen molar-refractivity contribution >= 4 is 28.7 Å². The van der Waals surface area contributed by atoms with E-state index in [1.54, 1.807) is 11.3 Å². The zero-order valence-corrected chi connectivity index (χ0v) is 15.7. The van der Waals surface area contributed by atoms with Crippen molar-refractivity contribution in [2.24, 2.45) is 5.92 Å². The van der Waals surface area contributed by atoms with Gasteiger partial charge in [-0.15, -0.1) is 16.1 Å². The Labute approximate surface area is 139 Å². The minimum absolute atomic E-state index is 0.223. The molecule has 1 N–H and O–H groups in total. The fraction of sp³-hybridized carbons (Fsp3) is 0.688. The largest absolute Gasteiger partial charge is 0.598 e. The second-order valence-electron chi connectivity index (χ2n) is 7.62. The van der Waals surface area contributed by atoms with E-state index in [4.69, 9.17) is 4.74 Å². The summed E-state index contributed by atoms with van der Waals surface area (Å²) in [5.41, 5.74) is 0.569. The van der Waals surface area contributed by atoms with E-state index in [-0.39, 0.29) is 22.7 Å². The lowest BCUT2D eigenvalue weighted by molar-refractivity contribution is -0.160. The molecular weight excluding hydrogens is 318 g/mol. The number of hydrogen-bond donors (Lipinski definition) is 1. The van der Waals surface area contributed by atoms with Gasteiger partial charge in [-0.3, -0.25) is 4.79 Å². The highest BCUT2D eigenvalue weighted by atomic mass is 32.2. The minimum atomic E-state index is -1.23. The first kappa shape index (κ1) is 17.8. The van der Waals surface area contributed by atoms with Crippen LogP contribution in [-0.2, 0) is 27.3 Å². The highest BCUT2D eigenvalue weighted by Gasteiger charge is 2.44. The molecule has 124 valence electrons. The van der Waals surface area contributed by atoms with Crippen LogP contribution in [-0.4, -0.2) is 20.9 Å². The molecule has 0 radical (unpaired) electrons. The van der Waals surface area contributed by atoms with Crippen molar-refractivity contribution in [3.63, 3.8) is 0 Å². The number of thiophene rings is 1. The molecule has 0 saturated heterocycles. The van der Waals surface area contributed by atoms with Crippen LogP contribution in [0.3, 0.4) is 0 Å². The summed E-state index contributed by atoms with van der Waals surface area (Å²) in [4.78, 5) is 13.7. The third-order valence-electron chi connectivity index (χ3n) is 3.42. The maximum atomic E-state index is 12.5. The molecule has 4 nitrogen and oxygen atoms in total. The third kappa shape index (κ3) is 4.04. The van der Waals surface area contributed by atoms with Crippen LogP contribution in [0.15, 0.2) is 11.4 Å². The second kappa shape index (κ2) is 6.15. The predicted octanol–water partition coefficient (Wildman–Crippen LogP) is 3.36. The molecule has 0 amide bonds. The maximum absolute atomic E-state index is 12.5. The molecule has 1 aromatic heterocycles. The lowest BCUT2D eigenvalue weighted by atomic mass is 10.0. The summed E-state index contributed by atoms with van der Waals surface area (Å²) in [6.45, 7) is 11.4. The Bertz CT molecular complexity index is 542. The van der Waals surface area contributed by atoms with Crippen LogP contribution < -0.4 is 4.72 Å². The summed E-state index contributed by atoms with van der Waals surface area (Å²) in [5, 5.41) is 2.02. The molecule has 1 aliphatic rings. The summed E-state index contributed by atoms with van der Waals surface area (Å²) in [5.74, 6) is -0.535. The van der Waals surface area contributed by atoms with Gasteiger partial charge in [0.1, 0.15) is 10.3 Å². The first-order chi connectivity index (χ1) is 9.99. The second-order valence-corrected chi connectivity index (χ2v) is 10.6. The standard InChI is InChI=1S/C16H25NO3S2/c1-15(2,3)20-14(18)11-9-12-10(7-8-21-12)13(11)17-22(19)16(4,5)6/h7-8,11,13,17H,9H2,1-6H3/t11-,13-,22?/m1/s1. The molecule has 1 unspecified atom stereocenters. The van der Waals surface area contributed by atoms with Gasteiger partial charge < -0.3 is 9.29 Å². The molecule has 0 saturated carbocycles. The summed E-state index contributed by atoms with van der Waals surface area (Å²) in [7, 11) is 0. The Morgan fingerprint density at radius 3 is 2.55 bits per heavy atom. The zero-order valence-electron chi connectivity index (χ0n) is 14.1. The van der Waals surface area contributed by atoms with E-state index in [1.165, 1.54) is 4.88 Å². The topological polar surface area (TPSA) is 61.4 Å². The highest BCUT2D eigenvalue weighted by molar-refractivity contribution is 7.90. The van der Waals surface area contributed by atoms with E-state index in [9.17, 15) is 9.35 Å². The third-order valence-corrected chi connectivity index (χ3v) is 5.96. The number of ether oxygens (including phenoxy) is 1. The summed E-state index contributed by atoms with van der Waals surface area (Å²) >= 11 is 0.411.